The Balaban J connectivity index is 3.59. The van der Waals surface area contributed by atoms with Crippen molar-refractivity contribution in [3.8, 4) is 11.5 Å². The van der Waals surface area contributed by atoms with Gasteiger partial charge in [0.1, 0.15) is 0 Å². The lowest BCUT2D eigenvalue weighted by Crippen LogP contribution is -2.17. The Bertz CT molecular complexity index is 606. The molecule has 112 valence electrons. The van der Waals surface area contributed by atoms with Gasteiger partial charge in [-0.1, -0.05) is 0 Å². The minimum absolute atomic E-state index is 0.128. The summed E-state index contributed by atoms with van der Waals surface area (Å²) in [6.07, 6.45) is -0.772. The zero-order chi connectivity index (χ0) is 15.5. The van der Waals surface area contributed by atoms with Gasteiger partial charge in [0.15, 0.2) is 27.4 Å². The van der Waals surface area contributed by atoms with Crippen LogP contribution in [0, 0.1) is 0 Å². The number of aliphatic hydroxyl groups excluding tert-OH is 1. The van der Waals surface area contributed by atoms with E-state index in [1.165, 1.54) is 26.4 Å². The third-order valence-electron chi connectivity index (χ3n) is 2.63. The number of hydrogen-bond acceptors (Lipinski definition) is 7. The van der Waals surface area contributed by atoms with E-state index in [2.05, 4.69) is 4.74 Å². The summed E-state index contributed by atoms with van der Waals surface area (Å²) in [5.41, 5.74) is -0.128. The number of ether oxygens (including phenoxy) is 3. The molecule has 0 aliphatic heterocycles. The van der Waals surface area contributed by atoms with E-state index >= 15 is 0 Å². The lowest BCUT2D eigenvalue weighted by Gasteiger charge is -2.16. The fraction of sp³-hybridized carbons (Fsp3) is 0.417. The van der Waals surface area contributed by atoms with Crippen LogP contribution in [0.2, 0.25) is 0 Å². The summed E-state index contributed by atoms with van der Waals surface area (Å²) in [6, 6.07) is 2.42. The highest BCUT2D eigenvalue weighted by Crippen LogP contribution is 2.35. The van der Waals surface area contributed by atoms with Gasteiger partial charge in [-0.3, -0.25) is 0 Å². The normalized spacial score (nSPS) is 12.7. The third kappa shape index (κ3) is 3.20. The van der Waals surface area contributed by atoms with E-state index in [1.807, 2.05) is 0 Å². The fourth-order valence-electron chi connectivity index (χ4n) is 1.65. The molecule has 0 saturated heterocycles. The Labute approximate surface area is 117 Å². The van der Waals surface area contributed by atoms with Crippen molar-refractivity contribution >= 4 is 15.8 Å². The van der Waals surface area contributed by atoms with Crippen LogP contribution in [0.25, 0.3) is 0 Å². The summed E-state index contributed by atoms with van der Waals surface area (Å²) >= 11 is 0. The minimum atomic E-state index is -3.68. The number of carbonyl (C=O) groups is 1. The van der Waals surface area contributed by atoms with Gasteiger partial charge in [-0.25, -0.2) is 13.2 Å². The Hall–Kier alpha value is -1.80. The van der Waals surface area contributed by atoms with E-state index in [-0.39, 0.29) is 22.0 Å². The first-order valence-corrected chi connectivity index (χ1v) is 7.37. The van der Waals surface area contributed by atoms with Gasteiger partial charge in [0.25, 0.3) is 0 Å². The Morgan fingerprint density at radius 2 is 1.65 bits per heavy atom. The predicted molar refractivity (Wildman–Crippen MR) is 69.6 cm³/mol. The van der Waals surface area contributed by atoms with E-state index in [9.17, 15) is 18.3 Å². The first-order chi connectivity index (χ1) is 9.26. The molecule has 7 nitrogen and oxygen atoms in total. The summed E-state index contributed by atoms with van der Waals surface area (Å²) in [5, 5.41) is 9.88. The van der Waals surface area contributed by atoms with E-state index in [1.54, 1.807) is 0 Å². The maximum Gasteiger partial charge on any atom is 0.339 e. The van der Waals surface area contributed by atoms with Crippen LogP contribution in [-0.4, -0.2) is 47.1 Å². The van der Waals surface area contributed by atoms with Gasteiger partial charge < -0.3 is 19.3 Å². The van der Waals surface area contributed by atoms with Gasteiger partial charge in [0, 0.05) is 17.9 Å². The third-order valence-corrected chi connectivity index (χ3v) is 3.79. The van der Waals surface area contributed by atoms with Crippen molar-refractivity contribution in [3.63, 3.8) is 0 Å². The summed E-state index contributed by atoms with van der Waals surface area (Å²) in [4.78, 5) is 11.2. The van der Waals surface area contributed by atoms with Crippen molar-refractivity contribution in [3.05, 3.63) is 17.7 Å². The highest BCUT2D eigenvalue weighted by Gasteiger charge is 2.27. The number of hydrogen-bond donors (Lipinski definition) is 1. The summed E-state index contributed by atoms with van der Waals surface area (Å²) in [7, 11) is 0.110. The molecule has 8 heteroatoms. The first-order valence-electron chi connectivity index (χ1n) is 5.48. The quantitative estimate of drug-likeness (QED) is 0.782. The van der Waals surface area contributed by atoms with Crippen LogP contribution < -0.4 is 9.47 Å². The second-order valence-electron chi connectivity index (χ2n) is 3.94. The van der Waals surface area contributed by atoms with Crippen LogP contribution in [0.4, 0.5) is 0 Å². The molecular formula is C12H16O7S. The maximum atomic E-state index is 11.8. The number of rotatable bonds is 5. The molecule has 1 N–H and O–H groups in total. The molecule has 0 amide bonds. The summed E-state index contributed by atoms with van der Waals surface area (Å²) in [6.45, 7) is 0. The average molecular weight is 304 g/mol. The first kappa shape index (κ1) is 16.3. The maximum absolute atomic E-state index is 11.8. The van der Waals surface area contributed by atoms with Gasteiger partial charge in [-0.2, -0.15) is 0 Å². The highest BCUT2D eigenvalue weighted by molar-refractivity contribution is 7.90. The zero-order valence-electron chi connectivity index (χ0n) is 11.5. The topological polar surface area (TPSA) is 99.1 Å². The monoisotopic (exact) mass is 304 g/mol. The SMILES string of the molecule is COC(=O)C(O)c1cc(OC)c(OC)cc1S(C)(=O)=O. The average Bonchev–Trinajstić information content (AvgIpc) is 2.42. The number of aliphatic hydroxyl groups is 1. The lowest BCUT2D eigenvalue weighted by molar-refractivity contribution is -0.150. The van der Waals surface area contributed by atoms with Crippen molar-refractivity contribution in [1.82, 2.24) is 0 Å². The van der Waals surface area contributed by atoms with E-state index in [4.69, 9.17) is 9.47 Å². The summed E-state index contributed by atoms with van der Waals surface area (Å²) in [5.74, 6) is -0.603. The molecule has 0 fully saturated rings. The molecule has 1 aromatic carbocycles. The molecule has 0 heterocycles. The fourth-order valence-corrected chi connectivity index (χ4v) is 2.57. The number of esters is 1. The molecule has 1 aromatic rings. The van der Waals surface area contributed by atoms with Gasteiger partial charge in [0.05, 0.1) is 26.2 Å². The van der Waals surface area contributed by atoms with Crippen LogP contribution in [0.15, 0.2) is 17.0 Å². The van der Waals surface area contributed by atoms with Crippen molar-refractivity contribution < 1.29 is 32.5 Å². The van der Waals surface area contributed by atoms with E-state index in [0.717, 1.165) is 13.4 Å². The van der Waals surface area contributed by atoms with Crippen LogP contribution in [-0.2, 0) is 19.4 Å². The summed E-state index contributed by atoms with van der Waals surface area (Å²) < 4.78 is 38.0. The highest BCUT2D eigenvalue weighted by atomic mass is 32.2. The predicted octanol–water partition coefficient (Wildman–Crippen LogP) is 0.314. The van der Waals surface area contributed by atoms with Gasteiger partial charge in [0.2, 0.25) is 0 Å². The van der Waals surface area contributed by atoms with Crippen molar-refractivity contribution in [1.29, 1.82) is 0 Å². The molecule has 1 rings (SSSR count). The second kappa shape index (κ2) is 6.10. The molecule has 0 saturated carbocycles. The van der Waals surface area contributed by atoms with E-state index < -0.39 is 21.9 Å². The second-order valence-corrected chi connectivity index (χ2v) is 5.93. The minimum Gasteiger partial charge on any atom is -0.493 e. The van der Waals surface area contributed by atoms with Crippen LogP contribution in [0.1, 0.15) is 11.7 Å². The molecule has 20 heavy (non-hydrogen) atoms. The largest absolute Gasteiger partial charge is 0.493 e. The van der Waals surface area contributed by atoms with Crippen molar-refractivity contribution in [2.45, 2.75) is 11.0 Å². The molecule has 0 aliphatic carbocycles. The Morgan fingerprint density at radius 3 is 2.05 bits per heavy atom. The molecule has 0 bridgehead atoms. The Kier molecular flexibility index (Phi) is 4.96. The molecule has 1 atom stereocenters. The lowest BCUT2D eigenvalue weighted by atomic mass is 10.1. The van der Waals surface area contributed by atoms with E-state index in [0.29, 0.717) is 0 Å². The zero-order valence-corrected chi connectivity index (χ0v) is 12.4. The molecule has 0 radical (unpaired) electrons. The van der Waals surface area contributed by atoms with Gasteiger partial charge in [-0.05, 0) is 6.07 Å². The van der Waals surface area contributed by atoms with Gasteiger partial charge >= 0.3 is 5.97 Å². The van der Waals surface area contributed by atoms with Crippen LogP contribution in [0.3, 0.4) is 0 Å². The van der Waals surface area contributed by atoms with Crippen LogP contribution in [0.5, 0.6) is 11.5 Å². The number of methoxy groups -OCH3 is 3. The number of sulfone groups is 1. The van der Waals surface area contributed by atoms with Crippen LogP contribution >= 0.6 is 0 Å². The Morgan fingerprint density at radius 1 is 1.15 bits per heavy atom. The molecule has 0 spiro atoms. The van der Waals surface area contributed by atoms with Crippen molar-refractivity contribution in [2.75, 3.05) is 27.6 Å². The standard InChI is InChI=1S/C12H16O7S/c1-17-8-5-7(11(13)12(14)19-3)10(20(4,15)16)6-9(8)18-2/h5-6,11,13H,1-4H3. The molecular weight excluding hydrogens is 288 g/mol. The molecule has 0 aromatic heterocycles. The number of carbonyl (C=O) groups excluding carboxylic acids is 1. The molecule has 1 unspecified atom stereocenters. The smallest absolute Gasteiger partial charge is 0.339 e. The molecule has 0 aliphatic rings. The number of benzene rings is 1. The van der Waals surface area contributed by atoms with Gasteiger partial charge in [-0.15, -0.1) is 0 Å². The van der Waals surface area contributed by atoms with Crippen molar-refractivity contribution in [2.24, 2.45) is 0 Å².